The maximum atomic E-state index is 10.3. The molecule has 0 saturated heterocycles. The average molecular weight is 733 g/mol. The van der Waals surface area contributed by atoms with Crippen molar-refractivity contribution in [2.24, 2.45) is 30.4 Å². The zero-order valence-corrected chi connectivity index (χ0v) is 31.9. The first-order chi connectivity index (χ1) is 26.5. The quantitative estimate of drug-likeness (QED) is 0.0398. The molecule has 4 aromatic carbocycles. The molecule has 0 aliphatic rings. The molecule has 0 aliphatic carbocycles. The Morgan fingerprint density at radius 3 is 1.20 bits per heavy atom. The van der Waals surface area contributed by atoms with Gasteiger partial charge in [-0.15, -0.1) is 0 Å². The van der Waals surface area contributed by atoms with Gasteiger partial charge in [0.05, 0.1) is 49.1 Å². The number of phenols is 2. The van der Waals surface area contributed by atoms with E-state index < -0.39 is 0 Å². The van der Waals surface area contributed by atoms with Crippen LogP contribution in [-0.4, -0.2) is 48.9 Å². The van der Waals surface area contributed by atoms with Crippen molar-refractivity contribution in [3.05, 3.63) is 96.1 Å². The first-order valence-electron chi connectivity index (χ1n) is 19.5. The number of rotatable bonds is 25. The molecule has 0 heterocycles. The van der Waals surface area contributed by atoms with Crippen LogP contribution in [0.25, 0.3) is 0 Å². The third-order valence-electron chi connectivity index (χ3n) is 8.61. The van der Waals surface area contributed by atoms with Gasteiger partial charge in [-0.1, -0.05) is 78.1 Å². The van der Waals surface area contributed by atoms with Crippen LogP contribution in [-0.2, 0) is 0 Å². The Bertz CT molecular complexity index is 1640. The Labute approximate surface area is 320 Å². The van der Waals surface area contributed by atoms with Crippen LogP contribution in [0.5, 0.6) is 23.0 Å². The van der Waals surface area contributed by atoms with E-state index in [9.17, 15) is 10.2 Å². The maximum absolute atomic E-state index is 10.3. The molecule has 286 valence electrons. The molecule has 0 spiro atoms. The van der Waals surface area contributed by atoms with Crippen LogP contribution < -0.4 is 9.47 Å². The molecule has 0 unspecified atom stereocenters. The summed E-state index contributed by atoms with van der Waals surface area (Å²) < 4.78 is 11.7. The third-order valence-corrected chi connectivity index (χ3v) is 8.61. The van der Waals surface area contributed by atoms with Crippen LogP contribution in [0.2, 0.25) is 0 Å². The summed E-state index contributed by atoms with van der Waals surface area (Å²) in [6.45, 7) is 6.65. The van der Waals surface area contributed by atoms with Crippen molar-refractivity contribution in [1.29, 1.82) is 0 Å². The van der Waals surface area contributed by atoms with Crippen LogP contribution in [0, 0.1) is 0 Å². The Morgan fingerprint density at radius 1 is 0.444 bits per heavy atom. The number of phenolic OH excluding ortho intramolecular Hbond substituents is 2. The minimum atomic E-state index is 0.0942. The summed E-state index contributed by atoms with van der Waals surface area (Å²) in [7, 11) is 0. The van der Waals surface area contributed by atoms with E-state index in [1.807, 2.05) is 48.5 Å². The van der Waals surface area contributed by atoms with Crippen molar-refractivity contribution in [2.45, 2.75) is 90.9 Å². The molecular formula is C44H56N6O4. The number of azo groups is 2. The number of ether oxygens (including phenoxy) is 2. The Kier molecular flexibility index (Phi) is 19.0. The van der Waals surface area contributed by atoms with E-state index in [1.165, 1.54) is 64.2 Å². The van der Waals surface area contributed by atoms with Crippen molar-refractivity contribution in [3.63, 3.8) is 0 Å². The molecule has 0 saturated carbocycles. The number of benzene rings is 4. The van der Waals surface area contributed by atoms with E-state index in [4.69, 9.17) is 9.47 Å². The summed E-state index contributed by atoms with van der Waals surface area (Å²) in [5.41, 5.74) is 3.65. The molecule has 0 amide bonds. The standard InChI is InChI=1S/C44H56N6O4/c1-3-5-7-9-11-13-29-53-41-21-15-37(16-22-41)47-49-39-19-25-43(51)35(31-39)33-45-27-28-46-34-36-32-40(20-26-44(36)52)50-48-38-17-23-42(24-18-38)54-30-14-12-10-8-6-4-2/h15-26,31-34,51-52H,3-14,27-30H2,1-2H3. The van der Waals surface area contributed by atoms with Crippen LogP contribution in [0.1, 0.15) is 102 Å². The first kappa shape index (κ1) is 41.4. The molecule has 0 bridgehead atoms. The first-order valence-corrected chi connectivity index (χ1v) is 19.5. The van der Waals surface area contributed by atoms with Gasteiger partial charge >= 0.3 is 0 Å². The normalized spacial score (nSPS) is 11.8. The SMILES string of the molecule is CCCCCCCCOc1ccc(N=Nc2ccc(O)c(C=NCCN=Cc3cc(N=Nc4ccc(OCCCCCCCC)cc4)ccc3O)c2)cc1. The second-order valence-electron chi connectivity index (χ2n) is 13.2. The molecule has 0 aromatic heterocycles. The van der Waals surface area contributed by atoms with Crippen molar-refractivity contribution >= 4 is 35.2 Å². The lowest BCUT2D eigenvalue weighted by Crippen LogP contribution is -1.96. The number of aromatic hydroxyl groups is 2. The fourth-order valence-electron chi connectivity index (χ4n) is 5.45. The lowest BCUT2D eigenvalue weighted by atomic mass is 10.1. The van der Waals surface area contributed by atoms with Gasteiger partial charge in [-0.05, 0) is 97.8 Å². The summed E-state index contributed by atoms with van der Waals surface area (Å²) in [4.78, 5) is 8.81. The monoisotopic (exact) mass is 732 g/mol. The molecule has 54 heavy (non-hydrogen) atoms. The van der Waals surface area contributed by atoms with Gasteiger partial charge in [0.2, 0.25) is 0 Å². The van der Waals surface area contributed by atoms with E-state index in [-0.39, 0.29) is 11.5 Å². The second kappa shape index (κ2) is 24.8. The summed E-state index contributed by atoms with van der Waals surface area (Å²) in [5, 5.41) is 38.0. The highest BCUT2D eigenvalue weighted by Gasteiger charge is 2.03. The minimum Gasteiger partial charge on any atom is -0.507 e. The topological polar surface area (TPSA) is 133 Å². The van der Waals surface area contributed by atoms with Crippen molar-refractivity contribution in [2.75, 3.05) is 26.3 Å². The van der Waals surface area contributed by atoms with Crippen molar-refractivity contribution in [3.8, 4) is 23.0 Å². The predicted octanol–water partition coefficient (Wildman–Crippen LogP) is 12.9. The predicted molar refractivity (Wildman–Crippen MR) is 220 cm³/mol. The summed E-state index contributed by atoms with van der Waals surface area (Å²) in [6.07, 6.45) is 17.9. The van der Waals surface area contributed by atoms with Crippen molar-refractivity contribution < 1.29 is 19.7 Å². The number of hydrogen-bond donors (Lipinski definition) is 2. The number of nitrogens with zero attached hydrogens (tertiary/aromatic N) is 6. The molecule has 0 fully saturated rings. The van der Waals surface area contributed by atoms with Crippen LogP contribution in [0.4, 0.5) is 22.7 Å². The molecule has 10 heteroatoms. The summed E-state index contributed by atoms with van der Waals surface area (Å²) >= 11 is 0. The number of hydrogen-bond acceptors (Lipinski definition) is 10. The average Bonchev–Trinajstić information content (AvgIpc) is 3.19. The van der Waals surface area contributed by atoms with E-state index >= 15 is 0 Å². The zero-order chi connectivity index (χ0) is 38.1. The zero-order valence-electron chi connectivity index (χ0n) is 31.9. The van der Waals surface area contributed by atoms with Gasteiger partial charge in [-0.3, -0.25) is 9.98 Å². The largest absolute Gasteiger partial charge is 0.507 e. The highest BCUT2D eigenvalue weighted by molar-refractivity contribution is 5.85. The summed E-state index contributed by atoms with van der Waals surface area (Å²) in [6, 6.07) is 25.1. The second-order valence-corrected chi connectivity index (χ2v) is 13.2. The van der Waals surface area contributed by atoms with Crippen LogP contribution in [0.15, 0.2) is 115 Å². The lowest BCUT2D eigenvalue weighted by Gasteiger charge is -2.06. The maximum Gasteiger partial charge on any atom is 0.124 e. The fourth-order valence-corrected chi connectivity index (χ4v) is 5.45. The smallest absolute Gasteiger partial charge is 0.124 e. The molecule has 10 nitrogen and oxygen atoms in total. The lowest BCUT2D eigenvalue weighted by molar-refractivity contribution is 0.304. The van der Waals surface area contributed by atoms with Gasteiger partial charge in [0.15, 0.2) is 0 Å². The summed E-state index contributed by atoms with van der Waals surface area (Å²) in [5.74, 6) is 1.84. The molecule has 4 rings (SSSR count). The highest BCUT2D eigenvalue weighted by atomic mass is 16.5. The third kappa shape index (κ3) is 16.1. The van der Waals surface area contributed by atoms with E-state index in [0.717, 1.165) is 37.6 Å². The minimum absolute atomic E-state index is 0.0942. The van der Waals surface area contributed by atoms with E-state index in [2.05, 4.69) is 44.3 Å². The van der Waals surface area contributed by atoms with Gasteiger partial charge in [0.25, 0.3) is 0 Å². The number of aliphatic imine (C=N–C) groups is 2. The van der Waals surface area contributed by atoms with Gasteiger partial charge in [0.1, 0.15) is 23.0 Å². The van der Waals surface area contributed by atoms with Gasteiger partial charge in [-0.25, -0.2) is 0 Å². The van der Waals surface area contributed by atoms with Gasteiger partial charge in [0, 0.05) is 23.6 Å². The molecule has 0 atom stereocenters. The Balaban J connectivity index is 1.19. The van der Waals surface area contributed by atoms with E-state index in [0.29, 0.717) is 47.0 Å². The van der Waals surface area contributed by atoms with E-state index in [1.54, 1.807) is 48.8 Å². The Morgan fingerprint density at radius 2 is 0.796 bits per heavy atom. The fraction of sp³-hybridized carbons (Fsp3) is 0.409. The molecular weight excluding hydrogens is 677 g/mol. The molecule has 4 aromatic rings. The van der Waals surface area contributed by atoms with Gasteiger partial charge in [-0.2, -0.15) is 20.5 Å². The molecule has 0 radical (unpaired) electrons. The molecule has 2 N–H and O–H groups in total. The molecule has 0 aliphatic heterocycles. The Hall–Kier alpha value is -5.38. The number of unbranched alkanes of at least 4 members (excludes halogenated alkanes) is 10. The van der Waals surface area contributed by atoms with Gasteiger partial charge < -0.3 is 19.7 Å². The van der Waals surface area contributed by atoms with Crippen LogP contribution in [0.3, 0.4) is 0 Å². The van der Waals surface area contributed by atoms with Crippen molar-refractivity contribution in [1.82, 2.24) is 0 Å². The van der Waals surface area contributed by atoms with Crippen LogP contribution >= 0.6 is 0 Å². The highest BCUT2D eigenvalue weighted by Crippen LogP contribution is 2.27.